The predicted octanol–water partition coefficient (Wildman–Crippen LogP) is 2.06. The molecule has 122 valence electrons. The topological polar surface area (TPSA) is 37.8 Å². The first-order chi connectivity index (χ1) is 10.8. The molecule has 22 heavy (non-hydrogen) atoms. The summed E-state index contributed by atoms with van der Waals surface area (Å²) < 4.78 is 11.4. The van der Waals surface area contributed by atoms with Crippen LogP contribution in [-0.4, -0.2) is 62.1 Å². The van der Waals surface area contributed by atoms with Crippen LogP contribution in [0.5, 0.6) is 0 Å². The lowest BCUT2D eigenvalue weighted by Gasteiger charge is -2.35. The number of rotatable bonds is 5. The average Bonchev–Trinajstić information content (AvgIpc) is 2.56. The zero-order chi connectivity index (χ0) is 15.2. The Kier molecular flexibility index (Phi) is 5.64. The Labute approximate surface area is 133 Å². The van der Waals surface area contributed by atoms with Crippen molar-refractivity contribution in [2.75, 3.05) is 50.8 Å². The van der Waals surface area contributed by atoms with E-state index in [1.165, 1.54) is 18.4 Å². The maximum atomic E-state index is 5.82. The average molecular weight is 305 g/mol. The lowest BCUT2D eigenvalue weighted by molar-refractivity contribution is -0.164. The van der Waals surface area contributed by atoms with Crippen LogP contribution in [0.25, 0.3) is 0 Å². The number of anilines is 1. The van der Waals surface area contributed by atoms with E-state index >= 15 is 0 Å². The zero-order valence-corrected chi connectivity index (χ0v) is 13.5. The second kappa shape index (κ2) is 7.90. The van der Waals surface area contributed by atoms with Gasteiger partial charge in [0.2, 0.25) is 0 Å². The second-order valence-electron chi connectivity index (χ2n) is 6.19. The minimum absolute atomic E-state index is 0.0338. The Morgan fingerprint density at radius 1 is 1.27 bits per heavy atom. The Balaban J connectivity index is 1.36. The number of hydrogen-bond acceptors (Lipinski definition) is 5. The number of nitrogens with zero attached hydrogens (tertiary/aromatic N) is 3. The van der Waals surface area contributed by atoms with Crippen molar-refractivity contribution in [3.8, 4) is 0 Å². The van der Waals surface area contributed by atoms with Crippen LogP contribution < -0.4 is 4.90 Å². The van der Waals surface area contributed by atoms with E-state index in [4.69, 9.17) is 9.47 Å². The minimum Gasteiger partial charge on any atom is -0.354 e. The van der Waals surface area contributed by atoms with Crippen LogP contribution in [-0.2, 0) is 9.47 Å². The number of pyridine rings is 1. The first kappa shape index (κ1) is 15.7. The number of aromatic nitrogens is 1. The van der Waals surface area contributed by atoms with Crippen molar-refractivity contribution < 1.29 is 9.47 Å². The fraction of sp³-hybridized carbons (Fsp3) is 0.706. The maximum absolute atomic E-state index is 5.82. The molecule has 0 aromatic carbocycles. The third-order valence-electron chi connectivity index (χ3n) is 4.45. The summed E-state index contributed by atoms with van der Waals surface area (Å²) >= 11 is 0. The summed E-state index contributed by atoms with van der Waals surface area (Å²) in [5, 5.41) is 0. The third kappa shape index (κ3) is 4.41. The van der Waals surface area contributed by atoms with Crippen LogP contribution in [0.1, 0.15) is 24.8 Å². The van der Waals surface area contributed by atoms with Crippen LogP contribution in [0, 0.1) is 6.92 Å². The van der Waals surface area contributed by atoms with E-state index in [2.05, 4.69) is 27.8 Å². The first-order valence-electron chi connectivity index (χ1n) is 8.44. The van der Waals surface area contributed by atoms with Crippen molar-refractivity contribution in [2.24, 2.45) is 0 Å². The quantitative estimate of drug-likeness (QED) is 0.832. The molecule has 0 radical (unpaired) electrons. The lowest BCUT2D eigenvalue weighted by atomic mass is 10.2. The van der Waals surface area contributed by atoms with E-state index in [9.17, 15) is 0 Å². The summed E-state index contributed by atoms with van der Waals surface area (Å²) in [4.78, 5) is 9.31. The molecule has 3 rings (SSSR count). The smallest absolute Gasteiger partial charge is 0.157 e. The molecule has 5 nitrogen and oxygen atoms in total. The number of hydrogen-bond donors (Lipinski definition) is 0. The molecule has 0 saturated carbocycles. The highest BCUT2D eigenvalue weighted by Crippen LogP contribution is 2.15. The van der Waals surface area contributed by atoms with Crippen molar-refractivity contribution in [1.29, 1.82) is 0 Å². The van der Waals surface area contributed by atoms with Gasteiger partial charge in [-0.1, -0.05) is 0 Å². The Morgan fingerprint density at radius 3 is 2.86 bits per heavy atom. The van der Waals surface area contributed by atoms with E-state index in [0.29, 0.717) is 0 Å². The van der Waals surface area contributed by atoms with Gasteiger partial charge in [-0.2, -0.15) is 0 Å². The minimum atomic E-state index is 0.0338. The van der Waals surface area contributed by atoms with Crippen LogP contribution >= 0.6 is 0 Å². The van der Waals surface area contributed by atoms with Gasteiger partial charge in [0, 0.05) is 45.5 Å². The third-order valence-corrected chi connectivity index (χ3v) is 4.45. The molecule has 0 aliphatic carbocycles. The molecule has 1 aromatic rings. The van der Waals surface area contributed by atoms with E-state index in [1.807, 2.05) is 12.3 Å². The van der Waals surface area contributed by atoms with Crippen molar-refractivity contribution in [3.05, 3.63) is 23.9 Å². The molecule has 2 fully saturated rings. The summed E-state index contributed by atoms with van der Waals surface area (Å²) in [6.45, 7) is 8.96. The van der Waals surface area contributed by atoms with Gasteiger partial charge in [-0.3, -0.25) is 4.90 Å². The summed E-state index contributed by atoms with van der Waals surface area (Å²) in [6.07, 6.45) is 5.38. The highest BCUT2D eigenvalue weighted by Gasteiger charge is 2.19. The Hall–Kier alpha value is -1.17. The molecule has 0 spiro atoms. The van der Waals surface area contributed by atoms with Gasteiger partial charge >= 0.3 is 0 Å². The van der Waals surface area contributed by atoms with Crippen LogP contribution in [0.2, 0.25) is 0 Å². The molecule has 0 amide bonds. The van der Waals surface area contributed by atoms with Gasteiger partial charge in [-0.05, 0) is 43.9 Å². The van der Waals surface area contributed by atoms with Gasteiger partial charge in [0.05, 0.1) is 6.61 Å². The highest BCUT2D eigenvalue weighted by molar-refractivity contribution is 5.41. The molecule has 1 atom stereocenters. The van der Waals surface area contributed by atoms with Crippen molar-refractivity contribution in [3.63, 3.8) is 0 Å². The van der Waals surface area contributed by atoms with Gasteiger partial charge in [-0.25, -0.2) is 4.98 Å². The first-order valence-corrected chi connectivity index (χ1v) is 8.44. The van der Waals surface area contributed by atoms with Crippen LogP contribution in [0.4, 0.5) is 5.82 Å². The molecule has 2 aliphatic heterocycles. The monoisotopic (exact) mass is 305 g/mol. The Bertz CT molecular complexity index is 455. The van der Waals surface area contributed by atoms with Crippen molar-refractivity contribution >= 4 is 5.82 Å². The molecule has 0 bridgehead atoms. The van der Waals surface area contributed by atoms with Crippen molar-refractivity contribution in [2.45, 2.75) is 32.5 Å². The largest absolute Gasteiger partial charge is 0.354 e. The van der Waals surface area contributed by atoms with E-state index in [0.717, 1.165) is 58.2 Å². The molecule has 0 unspecified atom stereocenters. The van der Waals surface area contributed by atoms with E-state index in [-0.39, 0.29) is 6.29 Å². The van der Waals surface area contributed by atoms with Gasteiger partial charge in [-0.15, -0.1) is 0 Å². The summed E-state index contributed by atoms with van der Waals surface area (Å²) in [5.74, 6) is 1.10. The maximum Gasteiger partial charge on any atom is 0.157 e. The normalized spacial score (nSPS) is 23.7. The number of aryl methyl sites for hydroxylation is 1. The van der Waals surface area contributed by atoms with Crippen LogP contribution in [0.15, 0.2) is 18.3 Å². The summed E-state index contributed by atoms with van der Waals surface area (Å²) in [6, 6.07) is 4.21. The predicted molar refractivity (Wildman–Crippen MR) is 87.2 cm³/mol. The molecule has 2 aliphatic rings. The standard InChI is InChI=1S/C17H27N3O2/c1-15-5-6-18-16(14-15)20-9-7-19(8-10-20)11-13-22-17-4-2-3-12-21-17/h5-6,14,17H,2-4,7-13H2,1H3/t17-/m0/s1. The zero-order valence-electron chi connectivity index (χ0n) is 13.5. The fourth-order valence-electron chi connectivity index (χ4n) is 3.05. The molecule has 1 aromatic heterocycles. The number of piperazine rings is 1. The molecule has 3 heterocycles. The SMILES string of the molecule is Cc1ccnc(N2CCN(CCO[C@H]3CCCCO3)CC2)c1. The second-order valence-corrected chi connectivity index (χ2v) is 6.19. The van der Waals surface area contributed by atoms with Gasteiger partial charge in [0.25, 0.3) is 0 Å². The van der Waals surface area contributed by atoms with Gasteiger partial charge in [0.15, 0.2) is 6.29 Å². The number of ether oxygens (including phenoxy) is 2. The highest BCUT2D eigenvalue weighted by atomic mass is 16.7. The fourth-order valence-corrected chi connectivity index (χ4v) is 3.05. The molecular formula is C17H27N3O2. The van der Waals surface area contributed by atoms with Crippen molar-refractivity contribution in [1.82, 2.24) is 9.88 Å². The van der Waals surface area contributed by atoms with E-state index in [1.54, 1.807) is 0 Å². The molecular weight excluding hydrogens is 278 g/mol. The Morgan fingerprint density at radius 2 is 2.14 bits per heavy atom. The lowest BCUT2D eigenvalue weighted by Crippen LogP contribution is -2.47. The van der Waals surface area contributed by atoms with E-state index < -0.39 is 0 Å². The summed E-state index contributed by atoms with van der Waals surface area (Å²) in [7, 11) is 0. The molecule has 5 heteroatoms. The molecule has 2 saturated heterocycles. The molecule has 0 N–H and O–H groups in total. The van der Waals surface area contributed by atoms with Gasteiger partial charge in [0.1, 0.15) is 5.82 Å². The van der Waals surface area contributed by atoms with Gasteiger partial charge < -0.3 is 14.4 Å². The summed E-state index contributed by atoms with van der Waals surface area (Å²) in [5.41, 5.74) is 1.27. The van der Waals surface area contributed by atoms with Crippen LogP contribution in [0.3, 0.4) is 0 Å².